The fourth-order valence-corrected chi connectivity index (χ4v) is 3.83. The van der Waals surface area contributed by atoms with Gasteiger partial charge < -0.3 is 10.0 Å². The van der Waals surface area contributed by atoms with E-state index in [2.05, 4.69) is 0 Å². The van der Waals surface area contributed by atoms with Crippen LogP contribution in [0.5, 0.6) is 0 Å². The number of aliphatic carboxylic acids is 1. The highest BCUT2D eigenvalue weighted by Gasteiger charge is 2.35. The lowest BCUT2D eigenvalue weighted by atomic mass is 9.93. The van der Waals surface area contributed by atoms with Gasteiger partial charge in [0.25, 0.3) is 5.91 Å². The Bertz CT molecular complexity index is 827. The van der Waals surface area contributed by atoms with Crippen LogP contribution in [-0.4, -0.2) is 27.9 Å². The van der Waals surface area contributed by atoms with Crippen molar-refractivity contribution in [2.24, 2.45) is 0 Å². The summed E-state index contributed by atoms with van der Waals surface area (Å²) in [6, 6.07) is 12.8. The van der Waals surface area contributed by atoms with Crippen LogP contribution < -0.4 is 0 Å². The van der Waals surface area contributed by atoms with Gasteiger partial charge in [0.15, 0.2) is 0 Å². The summed E-state index contributed by atoms with van der Waals surface area (Å²) < 4.78 is 0. The molecule has 1 aliphatic heterocycles. The molecule has 0 radical (unpaired) electrons. The Balaban J connectivity index is 1.68. The summed E-state index contributed by atoms with van der Waals surface area (Å²) in [4.78, 5) is 26.2. The van der Waals surface area contributed by atoms with E-state index >= 15 is 0 Å². The van der Waals surface area contributed by atoms with Crippen LogP contribution >= 0.6 is 0 Å². The first-order chi connectivity index (χ1) is 11.6. The Morgan fingerprint density at radius 1 is 0.958 bits per heavy atom. The number of nitrogens with zero attached hydrogens (tertiary/aromatic N) is 1. The molecule has 1 heterocycles. The number of hydrogen-bond acceptors (Lipinski definition) is 2. The van der Waals surface area contributed by atoms with Crippen LogP contribution in [0, 0.1) is 0 Å². The molecular formula is C20H19NO3. The molecule has 122 valence electrons. The third kappa shape index (κ3) is 2.48. The van der Waals surface area contributed by atoms with E-state index in [0.29, 0.717) is 18.5 Å². The van der Waals surface area contributed by atoms with Crippen molar-refractivity contribution in [2.45, 2.75) is 38.3 Å². The summed E-state index contributed by atoms with van der Waals surface area (Å²) >= 11 is 0. The Morgan fingerprint density at radius 3 is 2.50 bits per heavy atom. The summed E-state index contributed by atoms with van der Waals surface area (Å²) in [5.74, 6) is -1.13. The first-order valence-corrected chi connectivity index (χ1v) is 8.36. The minimum absolute atomic E-state index is 0.188. The molecule has 1 atom stereocenters. The Kier molecular flexibility index (Phi) is 3.60. The number of carbonyl (C=O) groups excluding carboxylic acids is 1. The first-order valence-electron chi connectivity index (χ1n) is 8.36. The summed E-state index contributed by atoms with van der Waals surface area (Å²) in [5.41, 5.74) is 5.18. The van der Waals surface area contributed by atoms with Crippen molar-refractivity contribution < 1.29 is 14.7 Å². The third-order valence-electron chi connectivity index (χ3n) is 5.14. The average Bonchev–Trinajstić information content (AvgIpc) is 3.07. The maximum absolute atomic E-state index is 13.0. The fourth-order valence-electron chi connectivity index (χ4n) is 3.83. The highest BCUT2D eigenvalue weighted by atomic mass is 16.4. The second kappa shape index (κ2) is 5.78. The van der Waals surface area contributed by atoms with Gasteiger partial charge in [0, 0.05) is 18.5 Å². The molecule has 0 spiro atoms. The summed E-state index contributed by atoms with van der Waals surface area (Å²) in [5, 5.41) is 9.59. The highest BCUT2D eigenvalue weighted by Crippen LogP contribution is 2.27. The van der Waals surface area contributed by atoms with Gasteiger partial charge in [-0.25, -0.2) is 4.79 Å². The molecule has 4 rings (SSSR count). The monoisotopic (exact) mass is 321 g/mol. The Morgan fingerprint density at radius 2 is 1.71 bits per heavy atom. The Hall–Kier alpha value is -2.62. The number of fused-ring (bicyclic) bond motifs is 2. The molecule has 2 aliphatic rings. The zero-order chi connectivity index (χ0) is 16.7. The van der Waals surface area contributed by atoms with Gasteiger partial charge in [-0.15, -0.1) is 0 Å². The van der Waals surface area contributed by atoms with E-state index in [1.165, 1.54) is 16.0 Å². The van der Waals surface area contributed by atoms with Crippen molar-refractivity contribution in [2.75, 3.05) is 0 Å². The lowest BCUT2D eigenvalue weighted by molar-refractivity contribution is -0.142. The lowest BCUT2D eigenvalue weighted by Gasteiger charge is -2.34. The maximum Gasteiger partial charge on any atom is 0.326 e. The van der Waals surface area contributed by atoms with Crippen LogP contribution in [0.15, 0.2) is 42.5 Å². The lowest BCUT2D eigenvalue weighted by Crippen LogP contribution is -2.48. The molecule has 4 nitrogen and oxygen atoms in total. The number of hydrogen-bond donors (Lipinski definition) is 1. The van der Waals surface area contributed by atoms with Crippen LogP contribution in [0.1, 0.15) is 39.0 Å². The number of carboxylic acids is 1. The molecule has 1 N–H and O–H groups in total. The molecule has 1 aliphatic carbocycles. The fraction of sp³-hybridized carbons (Fsp3) is 0.300. The van der Waals surface area contributed by atoms with Gasteiger partial charge in [0.1, 0.15) is 6.04 Å². The summed E-state index contributed by atoms with van der Waals surface area (Å²) in [7, 11) is 0. The molecule has 0 bridgehead atoms. The summed E-state index contributed by atoms with van der Waals surface area (Å²) in [6.07, 6.45) is 3.56. The molecule has 0 fully saturated rings. The number of benzene rings is 2. The maximum atomic E-state index is 13.0. The third-order valence-corrected chi connectivity index (χ3v) is 5.14. The molecule has 2 aromatic rings. The van der Waals surface area contributed by atoms with Crippen molar-refractivity contribution in [3.8, 4) is 0 Å². The quantitative estimate of drug-likeness (QED) is 0.925. The standard InChI is InChI=1S/C20H19NO3/c22-19(16-9-8-13-6-3-7-14(13)10-16)21-12-17-5-2-1-4-15(17)11-18(21)20(23)24/h1-2,4-5,8-10,18H,3,6-7,11-12H2,(H,23,24). The van der Waals surface area contributed by atoms with E-state index in [1.807, 2.05) is 42.5 Å². The normalized spacial score (nSPS) is 18.8. The average molecular weight is 321 g/mol. The van der Waals surface area contributed by atoms with Crippen molar-refractivity contribution in [3.63, 3.8) is 0 Å². The molecule has 0 aromatic heterocycles. The van der Waals surface area contributed by atoms with Crippen molar-refractivity contribution in [1.82, 2.24) is 4.90 Å². The first kappa shape index (κ1) is 14.9. The molecule has 2 aromatic carbocycles. The van der Waals surface area contributed by atoms with Crippen LogP contribution in [0.3, 0.4) is 0 Å². The number of aryl methyl sites for hydroxylation is 2. The molecule has 1 amide bonds. The van der Waals surface area contributed by atoms with Gasteiger partial charge >= 0.3 is 5.97 Å². The topological polar surface area (TPSA) is 57.6 Å². The molecule has 1 unspecified atom stereocenters. The molecule has 24 heavy (non-hydrogen) atoms. The largest absolute Gasteiger partial charge is 0.480 e. The molecular weight excluding hydrogens is 302 g/mol. The van der Waals surface area contributed by atoms with Gasteiger partial charge in [0.2, 0.25) is 0 Å². The smallest absolute Gasteiger partial charge is 0.326 e. The van der Waals surface area contributed by atoms with Gasteiger partial charge in [-0.3, -0.25) is 4.79 Å². The van der Waals surface area contributed by atoms with Crippen LogP contribution in [0.2, 0.25) is 0 Å². The zero-order valence-electron chi connectivity index (χ0n) is 13.4. The second-order valence-electron chi connectivity index (χ2n) is 6.60. The van der Waals surface area contributed by atoms with E-state index in [0.717, 1.165) is 30.4 Å². The number of carbonyl (C=O) groups is 2. The van der Waals surface area contributed by atoms with E-state index in [4.69, 9.17) is 0 Å². The molecule has 4 heteroatoms. The number of amides is 1. The SMILES string of the molecule is O=C(O)C1Cc2ccccc2CN1C(=O)c1ccc2c(c1)CCC2. The number of carboxylic acid groups (broad SMARTS) is 1. The second-order valence-corrected chi connectivity index (χ2v) is 6.60. The van der Waals surface area contributed by atoms with Crippen LogP contribution in [0.4, 0.5) is 0 Å². The minimum atomic E-state index is -0.945. The van der Waals surface area contributed by atoms with Crippen molar-refractivity contribution in [1.29, 1.82) is 0 Å². The van der Waals surface area contributed by atoms with Crippen LogP contribution in [-0.2, 0) is 30.6 Å². The van der Waals surface area contributed by atoms with Crippen molar-refractivity contribution in [3.05, 3.63) is 70.3 Å². The van der Waals surface area contributed by atoms with E-state index in [9.17, 15) is 14.7 Å². The van der Waals surface area contributed by atoms with Gasteiger partial charge in [-0.05, 0) is 53.6 Å². The molecule has 0 saturated heterocycles. The Labute approximate surface area is 140 Å². The number of rotatable bonds is 2. The minimum Gasteiger partial charge on any atom is -0.480 e. The van der Waals surface area contributed by atoms with Crippen LogP contribution in [0.25, 0.3) is 0 Å². The predicted molar refractivity (Wildman–Crippen MR) is 89.9 cm³/mol. The van der Waals surface area contributed by atoms with E-state index in [-0.39, 0.29) is 5.91 Å². The van der Waals surface area contributed by atoms with E-state index < -0.39 is 12.0 Å². The van der Waals surface area contributed by atoms with E-state index in [1.54, 1.807) is 0 Å². The zero-order valence-corrected chi connectivity index (χ0v) is 13.4. The predicted octanol–water partition coefficient (Wildman–Crippen LogP) is 2.83. The van der Waals surface area contributed by atoms with Crippen molar-refractivity contribution >= 4 is 11.9 Å². The van der Waals surface area contributed by atoms with Gasteiger partial charge in [-0.1, -0.05) is 30.3 Å². The van der Waals surface area contributed by atoms with Gasteiger partial charge in [0.05, 0.1) is 0 Å². The van der Waals surface area contributed by atoms with Gasteiger partial charge in [-0.2, -0.15) is 0 Å². The molecule has 0 saturated carbocycles. The summed E-state index contributed by atoms with van der Waals surface area (Å²) in [6.45, 7) is 0.350. The highest BCUT2D eigenvalue weighted by molar-refractivity contribution is 5.97.